The molecule has 6 heteroatoms. The summed E-state index contributed by atoms with van der Waals surface area (Å²) in [4.78, 5) is 11.8. The van der Waals surface area contributed by atoms with Crippen molar-refractivity contribution < 1.29 is 0 Å². The van der Waals surface area contributed by atoms with Gasteiger partial charge in [0.2, 0.25) is 0 Å². The minimum Gasteiger partial charge on any atom is -0.359 e. The number of thiazole rings is 2. The van der Waals surface area contributed by atoms with Gasteiger partial charge in [-0.25, -0.2) is 9.97 Å². The lowest BCUT2D eigenvalue weighted by molar-refractivity contribution is 0.331. The summed E-state index contributed by atoms with van der Waals surface area (Å²) in [5.41, 5.74) is 2.00. The quantitative estimate of drug-likeness (QED) is 0.915. The topological polar surface area (TPSA) is 41.1 Å². The molecule has 20 heavy (non-hydrogen) atoms. The summed E-state index contributed by atoms with van der Waals surface area (Å²) in [5.74, 6) is 0. The van der Waals surface area contributed by atoms with Gasteiger partial charge in [-0.3, -0.25) is 4.90 Å². The highest BCUT2D eigenvalue weighted by Gasteiger charge is 2.15. The molecule has 108 valence electrons. The van der Waals surface area contributed by atoms with Gasteiger partial charge in [0.05, 0.1) is 6.54 Å². The summed E-state index contributed by atoms with van der Waals surface area (Å²) >= 11 is 3.39. The number of nitrogens with zero attached hydrogens (tertiary/aromatic N) is 3. The molecule has 0 saturated carbocycles. The predicted octanol–water partition coefficient (Wildman–Crippen LogP) is 3.68. The van der Waals surface area contributed by atoms with Crippen molar-refractivity contribution in [2.45, 2.75) is 39.3 Å². The van der Waals surface area contributed by atoms with Crippen LogP contribution in [0.2, 0.25) is 0 Å². The fourth-order valence-corrected chi connectivity index (χ4v) is 4.02. The largest absolute Gasteiger partial charge is 0.359 e. The van der Waals surface area contributed by atoms with Gasteiger partial charge >= 0.3 is 0 Å². The average molecular weight is 308 g/mol. The second-order valence-electron chi connectivity index (χ2n) is 5.45. The van der Waals surface area contributed by atoms with Crippen molar-refractivity contribution in [1.29, 1.82) is 0 Å². The summed E-state index contributed by atoms with van der Waals surface area (Å²) in [6.45, 7) is 7.67. The second kappa shape index (κ2) is 6.20. The SMILES string of the molecule is CC(C)Nc1nc(-c2csc(CN3CCCC3)n2)cs1. The van der Waals surface area contributed by atoms with Gasteiger partial charge in [0.25, 0.3) is 0 Å². The lowest BCUT2D eigenvalue weighted by atomic mass is 10.4. The molecule has 0 aliphatic carbocycles. The number of hydrogen-bond donors (Lipinski definition) is 1. The minimum atomic E-state index is 0.412. The molecule has 3 heterocycles. The van der Waals surface area contributed by atoms with E-state index in [1.807, 2.05) is 0 Å². The van der Waals surface area contributed by atoms with Crippen LogP contribution in [0.5, 0.6) is 0 Å². The Morgan fingerprint density at radius 1 is 1.15 bits per heavy atom. The molecule has 4 nitrogen and oxygen atoms in total. The van der Waals surface area contributed by atoms with Crippen LogP contribution in [0.3, 0.4) is 0 Å². The second-order valence-corrected chi connectivity index (χ2v) is 7.25. The summed E-state index contributed by atoms with van der Waals surface area (Å²) in [5, 5.41) is 9.72. The van der Waals surface area contributed by atoms with E-state index >= 15 is 0 Å². The van der Waals surface area contributed by atoms with E-state index in [2.05, 4.69) is 39.8 Å². The number of aromatic nitrogens is 2. The highest BCUT2D eigenvalue weighted by atomic mass is 32.1. The fourth-order valence-electron chi connectivity index (χ4n) is 2.34. The van der Waals surface area contributed by atoms with Crippen molar-refractivity contribution in [1.82, 2.24) is 14.9 Å². The third kappa shape index (κ3) is 3.37. The summed E-state index contributed by atoms with van der Waals surface area (Å²) in [6.07, 6.45) is 2.66. The Morgan fingerprint density at radius 3 is 2.60 bits per heavy atom. The maximum atomic E-state index is 4.73. The number of hydrogen-bond acceptors (Lipinski definition) is 6. The monoisotopic (exact) mass is 308 g/mol. The molecule has 1 saturated heterocycles. The molecule has 3 rings (SSSR count). The molecule has 0 atom stereocenters. The summed E-state index contributed by atoms with van der Waals surface area (Å²) in [7, 11) is 0. The van der Waals surface area contributed by atoms with Crippen molar-refractivity contribution in [3.63, 3.8) is 0 Å². The van der Waals surface area contributed by atoms with E-state index in [4.69, 9.17) is 4.98 Å². The van der Waals surface area contributed by atoms with Gasteiger partial charge in [-0.2, -0.15) is 0 Å². The molecule has 0 aromatic carbocycles. The first-order chi connectivity index (χ1) is 9.70. The summed E-state index contributed by atoms with van der Waals surface area (Å²) < 4.78 is 0. The highest BCUT2D eigenvalue weighted by molar-refractivity contribution is 7.14. The lowest BCUT2D eigenvalue weighted by Gasteiger charge is -2.11. The molecule has 1 aliphatic rings. The van der Waals surface area contributed by atoms with Crippen LogP contribution in [-0.2, 0) is 6.54 Å². The van der Waals surface area contributed by atoms with Gasteiger partial charge in [-0.1, -0.05) is 0 Å². The van der Waals surface area contributed by atoms with Crippen molar-refractivity contribution in [2.75, 3.05) is 18.4 Å². The first-order valence-corrected chi connectivity index (χ1v) is 8.86. The van der Waals surface area contributed by atoms with Gasteiger partial charge in [0.1, 0.15) is 16.4 Å². The minimum absolute atomic E-state index is 0.412. The van der Waals surface area contributed by atoms with E-state index in [0.717, 1.165) is 23.1 Å². The normalized spacial score (nSPS) is 16.1. The Labute approximate surface area is 127 Å². The standard InChI is InChI=1S/C14H20N4S2/c1-10(2)15-14-17-12(9-20-14)11-8-19-13(16-11)7-18-5-3-4-6-18/h8-10H,3-7H2,1-2H3,(H,15,17). The Bertz CT molecular complexity index is 555. The molecule has 2 aromatic rings. The fraction of sp³-hybridized carbons (Fsp3) is 0.571. The van der Waals surface area contributed by atoms with Crippen molar-refractivity contribution in [2.24, 2.45) is 0 Å². The van der Waals surface area contributed by atoms with Crippen LogP contribution in [0.25, 0.3) is 11.4 Å². The maximum Gasteiger partial charge on any atom is 0.183 e. The molecule has 1 aliphatic heterocycles. The Balaban J connectivity index is 1.67. The number of nitrogens with one attached hydrogen (secondary N) is 1. The van der Waals surface area contributed by atoms with E-state index in [0.29, 0.717) is 6.04 Å². The van der Waals surface area contributed by atoms with E-state index < -0.39 is 0 Å². The van der Waals surface area contributed by atoms with Crippen LogP contribution in [-0.4, -0.2) is 34.0 Å². The molecule has 0 bridgehead atoms. The Morgan fingerprint density at radius 2 is 1.85 bits per heavy atom. The maximum absolute atomic E-state index is 4.73. The third-order valence-electron chi connectivity index (χ3n) is 3.29. The van der Waals surface area contributed by atoms with Crippen molar-refractivity contribution in [3.05, 3.63) is 15.8 Å². The smallest absolute Gasteiger partial charge is 0.183 e. The van der Waals surface area contributed by atoms with Crippen LogP contribution in [0.1, 0.15) is 31.7 Å². The highest BCUT2D eigenvalue weighted by Crippen LogP contribution is 2.27. The third-order valence-corrected chi connectivity index (χ3v) is 4.90. The van der Waals surface area contributed by atoms with Crippen molar-refractivity contribution >= 4 is 27.8 Å². The molecule has 0 unspecified atom stereocenters. The van der Waals surface area contributed by atoms with E-state index in [9.17, 15) is 0 Å². The number of rotatable bonds is 5. The van der Waals surface area contributed by atoms with Crippen LogP contribution in [0, 0.1) is 0 Å². The van der Waals surface area contributed by atoms with E-state index in [-0.39, 0.29) is 0 Å². The zero-order valence-corrected chi connectivity index (χ0v) is 13.6. The van der Waals surface area contributed by atoms with Crippen LogP contribution >= 0.6 is 22.7 Å². The Hall–Kier alpha value is -0.980. The molecule has 0 amide bonds. The average Bonchev–Trinajstić information content (AvgIpc) is 3.09. The molecule has 0 radical (unpaired) electrons. The first-order valence-electron chi connectivity index (χ1n) is 7.10. The Kier molecular flexibility index (Phi) is 4.33. The number of anilines is 1. The van der Waals surface area contributed by atoms with Crippen LogP contribution in [0.15, 0.2) is 10.8 Å². The van der Waals surface area contributed by atoms with E-state index in [1.54, 1.807) is 22.7 Å². The van der Waals surface area contributed by atoms with Gasteiger partial charge in [-0.05, 0) is 39.8 Å². The van der Waals surface area contributed by atoms with Gasteiger partial charge in [0, 0.05) is 16.8 Å². The molecule has 1 N–H and O–H groups in total. The van der Waals surface area contributed by atoms with Crippen molar-refractivity contribution in [3.8, 4) is 11.4 Å². The van der Waals surface area contributed by atoms with Gasteiger partial charge < -0.3 is 5.32 Å². The van der Waals surface area contributed by atoms with E-state index in [1.165, 1.54) is 30.9 Å². The molecule has 0 spiro atoms. The summed E-state index contributed by atoms with van der Waals surface area (Å²) in [6, 6.07) is 0.412. The zero-order chi connectivity index (χ0) is 13.9. The number of likely N-dealkylation sites (tertiary alicyclic amines) is 1. The first kappa shape index (κ1) is 14.0. The van der Waals surface area contributed by atoms with Crippen LogP contribution < -0.4 is 5.32 Å². The lowest BCUT2D eigenvalue weighted by Crippen LogP contribution is -2.18. The molecule has 2 aromatic heterocycles. The zero-order valence-electron chi connectivity index (χ0n) is 11.9. The van der Waals surface area contributed by atoms with Gasteiger partial charge in [0.15, 0.2) is 5.13 Å². The molecular formula is C14H20N4S2. The molecule has 1 fully saturated rings. The van der Waals surface area contributed by atoms with Crippen LogP contribution in [0.4, 0.5) is 5.13 Å². The van der Waals surface area contributed by atoms with Gasteiger partial charge in [-0.15, -0.1) is 22.7 Å². The molecular weight excluding hydrogens is 288 g/mol. The predicted molar refractivity (Wildman–Crippen MR) is 86.5 cm³/mol.